The van der Waals surface area contributed by atoms with E-state index in [1.165, 1.54) is 18.2 Å². The Bertz CT molecular complexity index is 719. The van der Waals surface area contributed by atoms with Gasteiger partial charge in [-0.3, -0.25) is 20.9 Å². The van der Waals surface area contributed by atoms with Gasteiger partial charge in [0.1, 0.15) is 0 Å². The molecule has 0 aliphatic rings. The van der Waals surface area contributed by atoms with E-state index in [0.717, 1.165) is 0 Å². The van der Waals surface area contributed by atoms with E-state index >= 15 is 0 Å². The van der Waals surface area contributed by atoms with Crippen LogP contribution in [-0.2, 0) is 0 Å². The number of nitrogens with two attached hydrogens (primary N) is 1. The van der Waals surface area contributed by atoms with Crippen molar-refractivity contribution in [3.8, 4) is 0 Å². The highest BCUT2D eigenvalue weighted by Crippen LogP contribution is 2.23. The van der Waals surface area contributed by atoms with Gasteiger partial charge in [0.05, 0.1) is 10.0 Å². The molecular weight excluding hydrogens is 453 g/mol. The van der Waals surface area contributed by atoms with Crippen LogP contribution in [0.25, 0.3) is 0 Å². The van der Waals surface area contributed by atoms with Crippen molar-refractivity contribution < 1.29 is 9.59 Å². The van der Waals surface area contributed by atoms with Crippen molar-refractivity contribution >= 4 is 69.3 Å². The summed E-state index contributed by atoms with van der Waals surface area (Å²) < 4.78 is 0. The van der Waals surface area contributed by atoms with Gasteiger partial charge in [-0.1, -0.05) is 53.5 Å². The second-order valence-electron chi connectivity index (χ2n) is 5.94. The molecule has 0 spiro atoms. The molecule has 27 heavy (non-hydrogen) atoms. The number of hydrogen-bond donors (Lipinski definition) is 2. The molecule has 0 radical (unpaired) electrons. The zero-order valence-corrected chi connectivity index (χ0v) is 18.8. The van der Waals surface area contributed by atoms with Gasteiger partial charge in [-0.25, -0.2) is 0 Å². The standard InChI is InChI=1S/C7H3Cl3O.C7H5ClO.C4H12N2.ClH/c8-5-2-1-4(7(10)11)3-6(5)9;8-7(9)6-4-2-1-3-5-6;1-4(2,3)6-5;/h1-3H;1-5H;6H,5H2,1-3H3;1H. The Morgan fingerprint density at radius 3 is 1.59 bits per heavy atom. The predicted molar refractivity (Wildman–Crippen MR) is 118 cm³/mol. The second-order valence-corrected chi connectivity index (χ2v) is 7.44. The molecule has 0 bridgehead atoms. The molecule has 0 atom stereocenters. The van der Waals surface area contributed by atoms with Gasteiger partial charge in [0.2, 0.25) is 0 Å². The molecule has 4 nitrogen and oxygen atoms in total. The van der Waals surface area contributed by atoms with Gasteiger partial charge in [-0.05, 0) is 62.2 Å². The first-order valence-corrected chi connectivity index (χ1v) is 8.86. The van der Waals surface area contributed by atoms with Gasteiger partial charge in [-0.15, -0.1) is 12.4 Å². The highest BCUT2D eigenvalue weighted by atomic mass is 35.5. The Hall–Kier alpha value is -0.850. The maximum absolute atomic E-state index is 10.6. The summed E-state index contributed by atoms with van der Waals surface area (Å²) in [5.74, 6) is 5.06. The second kappa shape index (κ2) is 14.2. The highest BCUT2D eigenvalue weighted by Gasteiger charge is 2.04. The summed E-state index contributed by atoms with van der Waals surface area (Å²) in [5, 5.41) is -0.203. The van der Waals surface area contributed by atoms with E-state index in [-0.39, 0.29) is 17.9 Å². The predicted octanol–water partition coefficient (Wildman–Crippen LogP) is 6.11. The first kappa shape index (κ1) is 28.4. The van der Waals surface area contributed by atoms with E-state index in [1.807, 2.05) is 26.8 Å². The third-order valence-corrected chi connectivity index (χ3v) is 3.76. The first-order valence-electron chi connectivity index (χ1n) is 7.35. The third-order valence-electron chi connectivity index (χ3n) is 2.58. The van der Waals surface area contributed by atoms with Crippen LogP contribution in [0.5, 0.6) is 0 Å². The maximum Gasteiger partial charge on any atom is 0.252 e. The van der Waals surface area contributed by atoms with Gasteiger partial charge in [0, 0.05) is 16.7 Å². The molecule has 3 N–H and O–H groups in total. The summed E-state index contributed by atoms with van der Waals surface area (Å²) in [6, 6.07) is 13.2. The summed E-state index contributed by atoms with van der Waals surface area (Å²) in [6.45, 7) is 6.02. The number of carbonyl (C=O) groups is 2. The lowest BCUT2D eigenvalue weighted by Gasteiger charge is -2.14. The smallest absolute Gasteiger partial charge is 0.252 e. The fraction of sp³-hybridized carbons (Fsp3) is 0.222. The molecule has 0 unspecified atom stereocenters. The minimum absolute atomic E-state index is 0. The van der Waals surface area contributed by atoms with Crippen LogP contribution in [0.1, 0.15) is 41.5 Å². The zero-order chi connectivity index (χ0) is 20.3. The number of carbonyl (C=O) groups excluding carboxylic acids is 2. The molecule has 0 aliphatic carbocycles. The van der Waals surface area contributed by atoms with E-state index in [1.54, 1.807) is 24.3 Å². The Balaban J connectivity index is 0. The molecule has 0 heterocycles. The maximum atomic E-state index is 10.6. The lowest BCUT2D eigenvalue weighted by atomic mass is 10.1. The molecule has 0 aliphatic heterocycles. The van der Waals surface area contributed by atoms with E-state index in [2.05, 4.69) is 5.43 Å². The molecule has 2 aromatic carbocycles. The number of benzene rings is 2. The van der Waals surface area contributed by atoms with Crippen molar-refractivity contribution in [2.24, 2.45) is 5.84 Å². The quantitative estimate of drug-likeness (QED) is 0.313. The lowest BCUT2D eigenvalue weighted by molar-refractivity contribution is 0.107. The van der Waals surface area contributed by atoms with Crippen LogP contribution in [0.2, 0.25) is 10.0 Å². The molecule has 0 saturated heterocycles. The summed E-state index contributed by atoms with van der Waals surface area (Å²) >= 11 is 21.6. The van der Waals surface area contributed by atoms with E-state index in [9.17, 15) is 9.59 Å². The SMILES string of the molecule is CC(C)(C)NN.Cl.O=C(Cl)c1ccc(Cl)c(Cl)c1.O=C(Cl)c1ccccc1. The van der Waals surface area contributed by atoms with Crippen molar-refractivity contribution in [1.82, 2.24) is 5.43 Å². The van der Waals surface area contributed by atoms with E-state index in [0.29, 0.717) is 21.2 Å². The average Bonchev–Trinajstić information content (AvgIpc) is 2.58. The zero-order valence-electron chi connectivity index (χ0n) is 14.9. The molecule has 2 aromatic rings. The molecule has 9 heteroatoms. The summed E-state index contributed by atoms with van der Waals surface area (Å²) in [6.07, 6.45) is 0. The number of nitrogens with one attached hydrogen (secondary N) is 1. The van der Waals surface area contributed by atoms with Gasteiger partial charge < -0.3 is 0 Å². The fourth-order valence-electron chi connectivity index (χ4n) is 1.19. The first-order chi connectivity index (χ1) is 12.0. The fourth-order valence-corrected chi connectivity index (χ4v) is 1.73. The number of rotatable bonds is 2. The Kier molecular flexibility index (Phi) is 14.9. The normalized spacial score (nSPS) is 9.63. The summed E-state index contributed by atoms with van der Waals surface area (Å²) in [4.78, 5) is 21.0. The molecule has 0 aromatic heterocycles. The van der Waals surface area contributed by atoms with Crippen LogP contribution in [0.4, 0.5) is 0 Å². The van der Waals surface area contributed by atoms with Gasteiger partial charge in [0.25, 0.3) is 10.5 Å². The van der Waals surface area contributed by atoms with Crippen molar-refractivity contribution in [3.63, 3.8) is 0 Å². The molecule has 150 valence electrons. The van der Waals surface area contributed by atoms with Crippen molar-refractivity contribution in [2.75, 3.05) is 0 Å². The molecule has 0 amide bonds. The van der Waals surface area contributed by atoms with Gasteiger partial charge >= 0.3 is 0 Å². The molecule has 2 rings (SSSR count). The van der Waals surface area contributed by atoms with Crippen LogP contribution in [-0.4, -0.2) is 16.0 Å². The topological polar surface area (TPSA) is 72.2 Å². The van der Waals surface area contributed by atoms with Crippen LogP contribution in [0.3, 0.4) is 0 Å². The van der Waals surface area contributed by atoms with Crippen LogP contribution in [0, 0.1) is 0 Å². The Morgan fingerprint density at radius 2 is 1.30 bits per heavy atom. The van der Waals surface area contributed by atoms with Crippen molar-refractivity contribution in [1.29, 1.82) is 0 Å². The van der Waals surface area contributed by atoms with E-state index < -0.39 is 10.5 Å². The van der Waals surface area contributed by atoms with Crippen molar-refractivity contribution in [3.05, 3.63) is 69.7 Å². The number of hydrogen-bond acceptors (Lipinski definition) is 4. The molecule has 0 saturated carbocycles. The van der Waals surface area contributed by atoms with Crippen LogP contribution < -0.4 is 11.3 Å². The minimum Gasteiger partial charge on any atom is -0.276 e. The van der Waals surface area contributed by atoms with E-state index in [4.69, 9.17) is 52.2 Å². The number of halogens is 5. The lowest BCUT2D eigenvalue weighted by Crippen LogP contribution is -2.41. The van der Waals surface area contributed by atoms with Crippen molar-refractivity contribution in [2.45, 2.75) is 26.3 Å². The molecular formula is C18H21Cl5N2O2. The highest BCUT2D eigenvalue weighted by molar-refractivity contribution is 6.68. The Morgan fingerprint density at radius 1 is 0.852 bits per heavy atom. The summed E-state index contributed by atoms with van der Waals surface area (Å²) in [7, 11) is 0. The summed E-state index contributed by atoms with van der Waals surface area (Å²) in [5.41, 5.74) is 3.56. The van der Waals surface area contributed by atoms with Crippen LogP contribution >= 0.6 is 58.8 Å². The monoisotopic (exact) mass is 472 g/mol. The van der Waals surface area contributed by atoms with Gasteiger partial charge in [0.15, 0.2) is 0 Å². The average molecular weight is 475 g/mol. The largest absolute Gasteiger partial charge is 0.276 e. The molecule has 0 fully saturated rings. The number of hydrazine groups is 1. The van der Waals surface area contributed by atoms with Crippen LogP contribution in [0.15, 0.2) is 48.5 Å². The third kappa shape index (κ3) is 13.9. The minimum atomic E-state index is -0.538. The van der Waals surface area contributed by atoms with Gasteiger partial charge in [-0.2, -0.15) is 0 Å². The Labute approximate surface area is 185 Å².